The molecule has 0 fully saturated rings. The summed E-state index contributed by atoms with van der Waals surface area (Å²) in [6.07, 6.45) is 0.565. The average Bonchev–Trinajstić information content (AvgIpc) is 2.27. The summed E-state index contributed by atoms with van der Waals surface area (Å²) in [7, 11) is 21.3. The Bertz CT molecular complexity index is 300. The monoisotopic (exact) mass is 255 g/mol. The molecule has 9 heteroatoms. The van der Waals surface area contributed by atoms with Gasteiger partial charge in [-0.25, -0.2) is 0 Å². The van der Waals surface area contributed by atoms with Crippen LogP contribution in [0.3, 0.4) is 0 Å². The molecule has 0 aliphatic carbocycles. The van der Waals surface area contributed by atoms with Crippen molar-refractivity contribution < 1.29 is 9.59 Å². The molecule has 0 heterocycles. The smallest absolute Gasteiger partial charge is 0.235 e. The molecule has 96 valence electrons. The molecule has 0 saturated heterocycles. The molecule has 0 aromatic rings. The normalized spacial score (nSPS) is 12.9. The molecule has 0 aromatic heterocycles. The van der Waals surface area contributed by atoms with Gasteiger partial charge in [-0.05, 0) is 13.0 Å². The van der Waals surface area contributed by atoms with Crippen LogP contribution in [0.25, 0.3) is 0 Å². The Morgan fingerprint density at radius 3 is 2.16 bits per heavy atom. The van der Waals surface area contributed by atoms with Gasteiger partial charge < -0.3 is 14.8 Å². The van der Waals surface area contributed by atoms with E-state index in [4.69, 9.17) is 31.9 Å². The fourth-order valence-electron chi connectivity index (χ4n) is 1.40. The largest absolute Gasteiger partial charge is 0.404 e. The van der Waals surface area contributed by atoms with Crippen LogP contribution in [0.2, 0.25) is 0 Å². The van der Waals surface area contributed by atoms with E-state index in [1.165, 1.54) is 0 Å². The molecule has 0 saturated carbocycles. The van der Waals surface area contributed by atoms with E-state index >= 15 is 0 Å². The Kier molecular flexibility index (Phi) is 8.93. The zero-order valence-corrected chi connectivity index (χ0v) is 11.5. The predicted molar refractivity (Wildman–Crippen MR) is 77.4 cm³/mol. The highest BCUT2D eigenvalue weighted by Gasteiger charge is 2.19. The van der Waals surface area contributed by atoms with Crippen molar-refractivity contribution in [3.8, 4) is 0 Å². The van der Waals surface area contributed by atoms with Gasteiger partial charge in [0, 0.05) is 18.9 Å². The lowest BCUT2D eigenvalue weighted by Gasteiger charge is -2.26. The first-order chi connectivity index (χ1) is 8.75. The fraction of sp³-hybridized carbons (Fsp3) is 0.800. The topological polar surface area (TPSA) is 52.7 Å². The van der Waals surface area contributed by atoms with Crippen molar-refractivity contribution in [3.05, 3.63) is 0 Å². The first-order valence-electron chi connectivity index (χ1n) is 6.11. The molecular formula is C10H17B4N3O2. The van der Waals surface area contributed by atoms with Crippen molar-refractivity contribution in [2.45, 2.75) is 32.7 Å². The molecule has 0 aliphatic rings. The van der Waals surface area contributed by atoms with Crippen molar-refractivity contribution >= 4 is 43.6 Å². The number of amides is 1. The van der Waals surface area contributed by atoms with E-state index in [1.807, 2.05) is 13.8 Å². The second kappa shape index (κ2) is 9.26. The number of nitrogens with one attached hydrogen (secondary N) is 1. The van der Waals surface area contributed by atoms with Gasteiger partial charge in [-0.2, -0.15) is 0 Å². The molecule has 1 atom stereocenters. The number of hydrogen-bond acceptors (Lipinski definition) is 4. The van der Waals surface area contributed by atoms with Gasteiger partial charge in [0.1, 0.15) is 5.78 Å². The predicted octanol–water partition coefficient (Wildman–Crippen LogP) is -1.59. The van der Waals surface area contributed by atoms with E-state index in [0.717, 1.165) is 9.44 Å². The molecule has 8 radical (unpaired) electrons. The standard InChI is InChI=1S/C10H17B4N3O2/c1-7(2)9(18)3-5-15-10(19)8(17(13)14)4-6-16(11)12/h7-8H,3-6H2,1-2H3,(H,15,19)/t8-/m1/s1. The summed E-state index contributed by atoms with van der Waals surface area (Å²) in [5.41, 5.74) is 0. The van der Waals surface area contributed by atoms with Crippen LogP contribution in [0.4, 0.5) is 0 Å². The summed E-state index contributed by atoms with van der Waals surface area (Å²) in [4.78, 5) is 23.2. The van der Waals surface area contributed by atoms with Crippen LogP contribution in [-0.2, 0) is 9.59 Å². The fourth-order valence-corrected chi connectivity index (χ4v) is 1.40. The molecule has 0 unspecified atom stereocenters. The second-order valence-electron chi connectivity index (χ2n) is 4.65. The summed E-state index contributed by atoms with van der Waals surface area (Å²) in [5, 5.41) is 2.61. The van der Waals surface area contributed by atoms with Gasteiger partial charge in [0.25, 0.3) is 0 Å². The molecule has 1 N–H and O–H groups in total. The molecule has 5 nitrogen and oxygen atoms in total. The van der Waals surface area contributed by atoms with Gasteiger partial charge >= 0.3 is 0 Å². The quantitative estimate of drug-likeness (QED) is 0.504. The summed E-state index contributed by atoms with van der Waals surface area (Å²) < 4.78 is 1.76. The van der Waals surface area contributed by atoms with Crippen LogP contribution in [0.5, 0.6) is 0 Å². The Morgan fingerprint density at radius 2 is 1.74 bits per heavy atom. The number of Topliss-reactive ketones (excluding diaryl/α,β-unsaturated/α-hetero) is 1. The Balaban J connectivity index is 4.15. The average molecular weight is 255 g/mol. The summed E-state index contributed by atoms with van der Waals surface area (Å²) in [5.74, 6) is -0.316. The number of rotatable bonds is 9. The van der Waals surface area contributed by atoms with Crippen molar-refractivity contribution in [2.75, 3.05) is 13.1 Å². The molecular weight excluding hydrogens is 237 g/mol. The molecule has 0 rings (SSSR count). The second-order valence-corrected chi connectivity index (χ2v) is 4.65. The Hall–Kier alpha value is -0.680. The third-order valence-corrected chi connectivity index (χ3v) is 2.64. The maximum atomic E-state index is 11.8. The van der Waals surface area contributed by atoms with E-state index in [9.17, 15) is 9.59 Å². The minimum atomic E-state index is -0.747. The van der Waals surface area contributed by atoms with Crippen LogP contribution in [-0.4, -0.2) is 72.2 Å². The van der Waals surface area contributed by atoms with Crippen LogP contribution < -0.4 is 5.32 Å². The minimum Gasteiger partial charge on any atom is -0.404 e. The third kappa shape index (κ3) is 8.16. The molecule has 0 spiro atoms. The molecule has 0 aliphatic heterocycles. The van der Waals surface area contributed by atoms with Crippen LogP contribution in [0.1, 0.15) is 26.7 Å². The van der Waals surface area contributed by atoms with Gasteiger partial charge in [-0.1, -0.05) is 13.8 Å². The Labute approximate surface area is 120 Å². The lowest BCUT2D eigenvalue weighted by Crippen LogP contribution is -2.46. The first-order valence-corrected chi connectivity index (χ1v) is 6.11. The maximum absolute atomic E-state index is 11.8. The zero-order chi connectivity index (χ0) is 15.0. The number of nitrogens with zero attached hydrogens (tertiary/aromatic N) is 2. The van der Waals surface area contributed by atoms with E-state index < -0.39 is 6.04 Å². The van der Waals surface area contributed by atoms with E-state index in [-0.39, 0.29) is 43.5 Å². The molecule has 1 amide bonds. The first kappa shape index (κ1) is 18.3. The van der Waals surface area contributed by atoms with Gasteiger partial charge in [-0.3, -0.25) is 9.59 Å². The highest BCUT2D eigenvalue weighted by molar-refractivity contribution is 6.27. The SMILES string of the molecule is [B]N([B])CC[C@H](C(=O)NCCC(=O)C(C)C)N([B])[B]. The lowest BCUT2D eigenvalue weighted by atomic mass is 9.99. The van der Waals surface area contributed by atoms with Crippen molar-refractivity contribution in [3.63, 3.8) is 0 Å². The Morgan fingerprint density at radius 1 is 1.16 bits per heavy atom. The number of hydrogen-bond donors (Lipinski definition) is 1. The zero-order valence-electron chi connectivity index (χ0n) is 11.5. The van der Waals surface area contributed by atoms with Crippen LogP contribution in [0, 0.1) is 5.92 Å². The molecule has 0 bridgehead atoms. The number of carbonyl (C=O) groups is 2. The van der Waals surface area contributed by atoms with Crippen LogP contribution in [0.15, 0.2) is 0 Å². The summed E-state index contributed by atoms with van der Waals surface area (Å²) >= 11 is 0. The summed E-state index contributed by atoms with van der Waals surface area (Å²) in [6.45, 7) is 4.14. The minimum absolute atomic E-state index is 0.0451. The molecule has 19 heavy (non-hydrogen) atoms. The summed E-state index contributed by atoms with van der Waals surface area (Å²) in [6, 6.07) is -0.747. The van der Waals surface area contributed by atoms with E-state index in [1.54, 1.807) is 0 Å². The highest BCUT2D eigenvalue weighted by atomic mass is 16.2. The maximum Gasteiger partial charge on any atom is 0.235 e. The van der Waals surface area contributed by atoms with Gasteiger partial charge in [0.05, 0.1) is 6.04 Å². The van der Waals surface area contributed by atoms with E-state index in [2.05, 4.69) is 5.32 Å². The van der Waals surface area contributed by atoms with Gasteiger partial charge in [0.15, 0.2) is 31.9 Å². The third-order valence-electron chi connectivity index (χ3n) is 2.64. The van der Waals surface area contributed by atoms with E-state index in [0.29, 0.717) is 0 Å². The molecule has 0 aromatic carbocycles. The van der Waals surface area contributed by atoms with Crippen molar-refractivity contribution in [2.24, 2.45) is 5.92 Å². The van der Waals surface area contributed by atoms with Gasteiger partial charge in [0.2, 0.25) is 5.91 Å². The highest BCUT2D eigenvalue weighted by Crippen LogP contribution is 2.01. The van der Waals surface area contributed by atoms with Crippen molar-refractivity contribution in [1.29, 1.82) is 0 Å². The van der Waals surface area contributed by atoms with Crippen LogP contribution >= 0.6 is 0 Å². The van der Waals surface area contributed by atoms with Crippen molar-refractivity contribution in [1.82, 2.24) is 14.8 Å². The number of ketones is 1. The lowest BCUT2D eigenvalue weighted by molar-refractivity contribution is -0.124. The van der Waals surface area contributed by atoms with Gasteiger partial charge in [-0.15, -0.1) is 0 Å². The number of carbonyl (C=O) groups excluding carboxylic acids is 2.